The molecule has 2 aromatic carbocycles. The highest BCUT2D eigenvalue weighted by atomic mass is 16.6. The van der Waals surface area contributed by atoms with Gasteiger partial charge in [-0.25, -0.2) is 4.79 Å². The van der Waals surface area contributed by atoms with Crippen LogP contribution in [0, 0.1) is 0 Å². The van der Waals surface area contributed by atoms with Crippen LogP contribution >= 0.6 is 0 Å². The molecular formula is C15H12O5. The number of aromatic hydroxyl groups is 2. The van der Waals surface area contributed by atoms with Crippen LogP contribution in [0.2, 0.25) is 0 Å². The molecule has 0 heterocycles. The van der Waals surface area contributed by atoms with Crippen molar-refractivity contribution in [1.29, 1.82) is 0 Å². The van der Waals surface area contributed by atoms with Crippen molar-refractivity contribution in [2.45, 2.75) is 6.42 Å². The summed E-state index contributed by atoms with van der Waals surface area (Å²) in [7, 11) is 0. The van der Waals surface area contributed by atoms with Crippen molar-refractivity contribution in [3.05, 3.63) is 59.7 Å². The van der Waals surface area contributed by atoms with Gasteiger partial charge in [0.05, 0.1) is 6.42 Å². The lowest BCUT2D eigenvalue weighted by atomic mass is 10.1. The standard InChI is InChI=1S/C15H12O5/c16-12-7-3-1-5-10(12)9-14(18)20-15(19)11-6-2-4-8-13(11)17/h1-8,16-17H,9H2. The number of carbonyl (C=O) groups excluding carboxylic acids is 2. The van der Waals surface area contributed by atoms with Gasteiger partial charge in [0.2, 0.25) is 0 Å². The van der Waals surface area contributed by atoms with E-state index in [1.807, 2.05) is 0 Å². The summed E-state index contributed by atoms with van der Waals surface area (Å²) in [6.07, 6.45) is -0.230. The zero-order chi connectivity index (χ0) is 14.5. The smallest absolute Gasteiger partial charge is 0.349 e. The summed E-state index contributed by atoms with van der Waals surface area (Å²) < 4.78 is 4.63. The molecule has 0 bridgehead atoms. The number of hydrogen-bond donors (Lipinski definition) is 2. The fourth-order valence-corrected chi connectivity index (χ4v) is 1.66. The molecule has 0 aliphatic rings. The predicted molar refractivity (Wildman–Crippen MR) is 70.3 cm³/mol. The Morgan fingerprint density at radius 3 is 2.15 bits per heavy atom. The van der Waals surface area contributed by atoms with Gasteiger partial charge in [-0.1, -0.05) is 30.3 Å². The van der Waals surface area contributed by atoms with Crippen LogP contribution in [0.3, 0.4) is 0 Å². The second-order valence-electron chi connectivity index (χ2n) is 4.08. The minimum atomic E-state index is -0.927. The molecule has 2 rings (SSSR count). The van der Waals surface area contributed by atoms with Crippen LogP contribution in [0.25, 0.3) is 0 Å². The second kappa shape index (κ2) is 5.88. The summed E-state index contributed by atoms with van der Waals surface area (Å²) in [6, 6.07) is 12.0. The lowest BCUT2D eigenvalue weighted by molar-refractivity contribution is -0.137. The van der Waals surface area contributed by atoms with Crippen molar-refractivity contribution in [2.75, 3.05) is 0 Å². The molecule has 20 heavy (non-hydrogen) atoms. The van der Waals surface area contributed by atoms with Gasteiger partial charge in [0.15, 0.2) is 0 Å². The summed E-state index contributed by atoms with van der Waals surface area (Å²) in [5, 5.41) is 19.0. The van der Waals surface area contributed by atoms with Crippen molar-refractivity contribution in [1.82, 2.24) is 0 Å². The first-order valence-electron chi connectivity index (χ1n) is 5.88. The van der Waals surface area contributed by atoms with E-state index in [9.17, 15) is 19.8 Å². The molecule has 0 unspecified atom stereocenters. The molecule has 0 atom stereocenters. The predicted octanol–water partition coefficient (Wildman–Crippen LogP) is 2.02. The van der Waals surface area contributed by atoms with Crippen molar-refractivity contribution in [3.63, 3.8) is 0 Å². The number of phenolic OH excluding ortho intramolecular Hbond substituents is 2. The summed E-state index contributed by atoms with van der Waals surface area (Å²) in [5.74, 6) is -2.03. The molecule has 5 heteroatoms. The molecule has 0 aliphatic heterocycles. The Hall–Kier alpha value is -2.82. The highest BCUT2D eigenvalue weighted by molar-refractivity contribution is 5.99. The zero-order valence-electron chi connectivity index (χ0n) is 10.4. The average molecular weight is 272 g/mol. The molecule has 0 radical (unpaired) electrons. The SMILES string of the molecule is O=C(Cc1ccccc1O)OC(=O)c1ccccc1O. The maximum absolute atomic E-state index is 11.7. The van der Waals surface area contributed by atoms with Crippen molar-refractivity contribution < 1.29 is 24.5 Å². The van der Waals surface area contributed by atoms with Gasteiger partial charge in [-0.2, -0.15) is 0 Å². The first-order valence-corrected chi connectivity index (χ1v) is 5.88. The third-order valence-electron chi connectivity index (χ3n) is 2.66. The first-order chi connectivity index (χ1) is 9.58. The van der Waals surface area contributed by atoms with E-state index in [0.29, 0.717) is 5.56 Å². The Morgan fingerprint density at radius 1 is 0.900 bits per heavy atom. The number of para-hydroxylation sites is 2. The molecule has 102 valence electrons. The Bertz CT molecular complexity index is 648. The molecule has 0 aliphatic carbocycles. The van der Waals surface area contributed by atoms with Gasteiger partial charge in [-0.05, 0) is 18.2 Å². The number of esters is 2. The number of hydrogen-bond acceptors (Lipinski definition) is 5. The van der Waals surface area contributed by atoms with Gasteiger partial charge < -0.3 is 14.9 Å². The first kappa shape index (κ1) is 13.6. The minimum absolute atomic E-state index is 0.0422. The highest BCUT2D eigenvalue weighted by Gasteiger charge is 2.17. The lowest BCUT2D eigenvalue weighted by Gasteiger charge is -2.05. The third-order valence-corrected chi connectivity index (χ3v) is 2.66. The van der Waals surface area contributed by atoms with Crippen molar-refractivity contribution in [2.24, 2.45) is 0 Å². The molecule has 5 nitrogen and oxygen atoms in total. The Morgan fingerprint density at radius 2 is 1.50 bits per heavy atom. The average Bonchev–Trinajstić information content (AvgIpc) is 2.41. The van der Waals surface area contributed by atoms with Crippen LogP contribution in [0.1, 0.15) is 15.9 Å². The van der Waals surface area contributed by atoms with Crippen molar-refractivity contribution >= 4 is 11.9 Å². The molecule has 2 aromatic rings. The summed E-state index contributed by atoms with van der Waals surface area (Å²) in [4.78, 5) is 23.3. The van der Waals surface area contributed by atoms with Crippen LogP contribution in [0.15, 0.2) is 48.5 Å². The van der Waals surface area contributed by atoms with Gasteiger partial charge in [0.25, 0.3) is 0 Å². The summed E-state index contributed by atoms with van der Waals surface area (Å²) in [6.45, 7) is 0. The molecule has 0 spiro atoms. The summed E-state index contributed by atoms with van der Waals surface area (Å²) in [5.41, 5.74) is 0.278. The van der Waals surface area contributed by atoms with Crippen LogP contribution in [-0.4, -0.2) is 22.2 Å². The van der Waals surface area contributed by atoms with E-state index in [1.54, 1.807) is 30.3 Å². The highest BCUT2D eigenvalue weighted by Crippen LogP contribution is 2.19. The number of rotatable bonds is 3. The molecule has 0 amide bonds. The number of phenols is 2. The van der Waals surface area contributed by atoms with Crippen LogP contribution in [0.5, 0.6) is 11.5 Å². The molecule has 2 N–H and O–H groups in total. The molecule has 0 fully saturated rings. The van der Waals surface area contributed by atoms with E-state index in [2.05, 4.69) is 4.74 Å². The molecule has 0 saturated heterocycles. The van der Waals surface area contributed by atoms with Crippen LogP contribution < -0.4 is 0 Å². The van der Waals surface area contributed by atoms with Crippen molar-refractivity contribution in [3.8, 4) is 11.5 Å². The minimum Gasteiger partial charge on any atom is -0.508 e. The molecule has 0 saturated carbocycles. The van der Waals surface area contributed by atoms with Crippen LogP contribution in [0.4, 0.5) is 0 Å². The van der Waals surface area contributed by atoms with E-state index in [-0.39, 0.29) is 23.5 Å². The Labute approximate surface area is 115 Å². The van der Waals surface area contributed by atoms with Gasteiger partial charge in [0.1, 0.15) is 17.1 Å². The largest absolute Gasteiger partial charge is 0.508 e. The number of carbonyl (C=O) groups is 2. The third kappa shape index (κ3) is 3.14. The van der Waals surface area contributed by atoms with Gasteiger partial charge in [-0.3, -0.25) is 4.79 Å². The van der Waals surface area contributed by atoms with E-state index in [1.165, 1.54) is 18.2 Å². The maximum atomic E-state index is 11.7. The molecule has 0 aromatic heterocycles. The van der Waals surface area contributed by atoms with Gasteiger partial charge >= 0.3 is 11.9 Å². The maximum Gasteiger partial charge on any atom is 0.349 e. The lowest BCUT2D eigenvalue weighted by Crippen LogP contribution is -2.14. The second-order valence-corrected chi connectivity index (χ2v) is 4.08. The van der Waals surface area contributed by atoms with Gasteiger partial charge in [0, 0.05) is 5.56 Å². The number of ether oxygens (including phenoxy) is 1. The fraction of sp³-hybridized carbons (Fsp3) is 0.0667. The quantitative estimate of drug-likeness (QED) is 0.659. The Kier molecular flexibility index (Phi) is 4.00. The topological polar surface area (TPSA) is 83.8 Å². The molecular weight excluding hydrogens is 260 g/mol. The van der Waals surface area contributed by atoms with E-state index in [0.717, 1.165) is 0 Å². The fourth-order valence-electron chi connectivity index (χ4n) is 1.66. The van der Waals surface area contributed by atoms with E-state index >= 15 is 0 Å². The zero-order valence-corrected chi connectivity index (χ0v) is 10.4. The normalized spacial score (nSPS) is 10.0. The van der Waals surface area contributed by atoms with E-state index < -0.39 is 11.9 Å². The van der Waals surface area contributed by atoms with E-state index in [4.69, 9.17) is 0 Å². The van der Waals surface area contributed by atoms with Crippen LogP contribution in [-0.2, 0) is 16.0 Å². The van der Waals surface area contributed by atoms with Gasteiger partial charge in [-0.15, -0.1) is 0 Å². The Balaban J connectivity index is 2.04. The monoisotopic (exact) mass is 272 g/mol. The summed E-state index contributed by atoms with van der Waals surface area (Å²) >= 11 is 0. The number of benzene rings is 2.